The number of ketones is 1. The Morgan fingerprint density at radius 3 is 2.14 bits per heavy atom. The minimum absolute atomic E-state index is 0.247. The lowest BCUT2D eigenvalue weighted by molar-refractivity contribution is -0.115. The third-order valence-electron chi connectivity index (χ3n) is 4.71. The van der Waals surface area contributed by atoms with Crippen molar-refractivity contribution in [3.63, 3.8) is 0 Å². The van der Waals surface area contributed by atoms with E-state index >= 15 is 0 Å². The minimum Gasteiger partial charge on any atom is -0.380 e. The van der Waals surface area contributed by atoms with Gasteiger partial charge in [-0.15, -0.1) is 0 Å². The number of Topliss-reactive ketones (excluding diaryl/α,β-unsaturated/α-hetero) is 1. The molecule has 1 saturated heterocycles. The first-order valence-corrected chi connectivity index (χ1v) is 7.80. The molecule has 2 aromatic rings. The van der Waals surface area contributed by atoms with Crippen LogP contribution in [0, 0.1) is 11.8 Å². The normalized spacial score (nSPS) is 24.5. The SMILES string of the molecule is O=C1C[C@H]2COC[C@@H]2C(c2ccccc2)=C1c1ccccc1. The van der Waals surface area contributed by atoms with E-state index in [1.165, 1.54) is 5.57 Å². The van der Waals surface area contributed by atoms with Crippen LogP contribution in [0.3, 0.4) is 0 Å². The van der Waals surface area contributed by atoms with E-state index in [4.69, 9.17) is 4.74 Å². The van der Waals surface area contributed by atoms with E-state index in [1.807, 2.05) is 48.5 Å². The van der Waals surface area contributed by atoms with Crippen LogP contribution in [0.15, 0.2) is 60.7 Å². The molecule has 0 unspecified atom stereocenters. The van der Waals surface area contributed by atoms with Crippen molar-refractivity contribution in [2.24, 2.45) is 11.8 Å². The van der Waals surface area contributed by atoms with Gasteiger partial charge in [0.05, 0.1) is 13.2 Å². The molecule has 1 aliphatic carbocycles. The third-order valence-corrected chi connectivity index (χ3v) is 4.71. The first kappa shape index (κ1) is 13.5. The molecule has 110 valence electrons. The van der Waals surface area contributed by atoms with Crippen molar-refractivity contribution >= 4 is 16.9 Å². The van der Waals surface area contributed by atoms with E-state index in [0.717, 1.165) is 23.3 Å². The Hall–Kier alpha value is -2.19. The highest BCUT2D eigenvalue weighted by Gasteiger charge is 2.40. The Kier molecular flexibility index (Phi) is 3.39. The number of carbonyl (C=O) groups is 1. The number of rotatable bonds is 2. The highest BCUT2D eigenvalue weighted by molar-refractivity contribution is 6.29. The second kappa shape index (κ2) is 5.54. The van der Waals surface area contributed by atoms with E-state index in [2.05, 4.69) is 12.1 Å². The number of carbonyl (C=O) groups excluding carboxylic acids is 1. The number of ether oxygens (including phenoxy) is 1. The Morgan fingerprint density at radius 1 is 0.818 bits per heavy atom. The maximum atomic E-state index is 12.8. The van der Waals surface area contributed by atoms with Gasteiger partial charge in [0.15, 0.2) is 5.78 Å². The average molecular weight is 290 g/mol. The van der Waals surface area contributed by atoms with Crippen LogP contribution in [0.5, 0.6) is 0 Å². The van der Waals surface area contributed by atoms with Crippen LogP contribution in [0.4, 0.5) is 0 Å². The Balaban J connectivity index is 1.95. The molecule has 0 amide bonds. The van der Waals surface area contributed by atoms with Gasteiger partial charge in [-0.1, -0.05) is 60.7 Å². The fourth-order valence-electron chi connectivity index (χ4n) is 3.69. The van der Waals surface area contributed by atoms with Gasteiger partial charge in [0, 0.05) is 17.9 Å². The van der Waals surface area contributed by atoms with Gasteiger partial charge >= 0.3 is 0 Å². The second-order valence-corrected chi connectivity index (χ2v) is 6.05. The molecule has 2 nitrogen and oxygen atoms in total. The van der Waals surface area contributed by atoms with Gasteiger partial charge in [-0.3, -0.25) is 4.79 Å². The second-order valence-electron chi connectivity index (χ2n) is 6.05. The Morgan fingerprint density at radius 2 is 1.45 bits per heavy atom. The molecule has 0 aromatic heterocycles. The molecular weight excluding hydrogens is 272 g/mol. The molecular formula is C20H18O2. The summed E-state index contributed by atoms with van der Waals surface area (Å²) in [5, 5.41) is 0. The van der Waals surface area contributed by atoms with Crippen LogP contribution in [0.1, 0.15) is 17.5 Å². The molecule has 22 heavy (non-hydrogen) atoms. The third kappa shape index (κ3) is 2.20. The van der Waals surface area contributed by atoms with Gasteiger partial charge < -0.3 is 4.74 Å². The molecule has 0 N–H and O–H groups in total. The largest absolute Gasteiger partial charge is 0.380 e. The van der Waals surface area contributed by atoms with Gasteiger partial charge in [-0.05, 0) is 22.6 Å². The number of allylic oxidation sites excluding steroid dienone is 1. The first-order chi connectivity index (χ1) is 10.8. The monoisotopic (exact) mass is 290 g/mol. The lowest BCUT2D eigenvalue weighted by atomic mass is 9.72. The number of hydrogen-bond donors (Lipinski definition) is 0. The van der Waals surface area contributed by atoms with Crippen LogP contribution < -0.4 is 0 Å². The summed E-state index contributed by atoms with van der Waals surface area (Å²) < 4.78 is 5.69. The predicted octanol–water partition coefficient (Wildman–Crippen LogP) is 3.83. The summed E-state index contributed by atoms with van der Waals surface area (Å²) in [6.07, 6.45) is 0.602. The van der Waals surface area contributed by atoms with Crippen molar-refractivity contribution < 1.29 is 9.53 Å². The number of fused-ring (bicyclic) bond motifs is 1. The molecule has 1 aliphatic heterocycles. The van der Waals surface area contributed by atoms with E-state index in [1.54, 1.807) is 0 Å². The van der Waals surface area contributed by atoms with E-state index < -0.39 is 0 Å². The van der Waals surface area contributed by atoms with E-state index in [0.29, 0.717) is 24.9 Å². The highest BCUT2D eigenvalue weighted by Crippen LogP contribution is 2.45. The predicted molar refractivity (Wildman–Crippen MR) is 87.1 cm³/mol. The zero-order valence-electron chi connectivity index (χ0n) is 12.4. The lowest BCUT2D eigenvalue weighted by Gasteiger charge is -2.29. The van der Waals surface area contributed by atoms with Crippen LogP contribution in [0.25, 0.3) is 11.1 Å². The molecule has 0 radical (unpaired) electrons. The van der Waals surface area contributed by atoms with Crippen LogP contribution >= 0.6 is 0 Å². The highest BCUT2D eigenvalue weighted by atomic mass is 16.5. The molecule has 2 atom stereocenters. The fraction of sp³-hybridized carbons (Fsp3) is 0.250. The summed E-state index contributed by atoms with van der Waals surface area (Å²) in [7, 11) is 0. The topological polar surface area (TPSA) is 26.3 Å². The van der Waals surface area contributed by atoms with Crippen molar-refractivity contribution in [2.45, 2.75) is 6.42 Å². The Labute approximate surface area is 130 Å². The molecule has 1 fully saturated rings. The van der Waals surface area contributed by atoms with Crippen LogP contribution in [-0.2, 0) is 9.53 Å². The zero-order chi connectivity index (χ0) is 14.9. The summed E-state index contributed by atoms with van der Waals surface area (Å²) in [6, 6.07) is 20.3. The van der Waals surface area contributed by atoms with Gasteiger partial charge in [0.2, 0.25) is 0 Å². The van der Waals surface area contributed by atoms with E-state index in [-0.39, 0.29) is 5.78 Å². The van der Waals surface area contributed by atoms with Crippen molar-refractivity contribution in [1.29, 1.82) is 0 Å². The average Bonchev–Trinajstić information content (AvgIpc) is 3.03. The molecule has 2 heteroatoms. The smallest absolute Gasteiger partial charge is 0.164 e. The van der Waals surface area contributed by atoms with Crippen LogP contribution in [0.2, 0.25) is 0 Å². The summed E-state index contributed by atoms with van der Waals surface area (Å²) >= 11 is 0. The molecule has 0 bridgehead atoms. The molecule has 2 aromatic carbocycles. The summed E-state index contributed by atoms with van der Waals surface area (Å²) in [5.41, 5.74) is 4.23. The molecule has 1 heterocycles. The van der Waals surface area contributed by atoms with Crippen molar-refractivity contribution in [3.8, 4) is 0 Å². The van der Waals surface area contributed by atoms with Gasteiger partial charge in [-0.25, -0.2) is 0 Å². The zero-order valence-corrected chi connectivity index (χ0v) is 12.4. The maximum absolute atomic E-state index is 12.8. The van der Waals surface area contributed by atoms with Crippen molar-refractivity contribution in [2.75, 3.05) is 13.2 Å². The van der Waals surface area contributed by atoms with Gasteiger partial charge in [0.25, 0.3) is 0 Å². The first-order valence-electron chi connectivity index (χ1n) is 7.80. The van der Waals surface area contributed by atoms with Crippen molar-refractivity contribution in [1.82, 2.24) is 0 Å². The molecule has 2 aliphatic rings. The standard InChI is InChI=1S/C20H18O2/c21-18-11-16-12-22-13-17(16)19(14-7-3-1-4-8-14)20(18)15-9-5-2-6-10-15/h1-10,16-17H,11-13H2/t16-,17-/m0/s1. The number of benzene rings is 2. The molecule has 0 saturated carbocycles. The quantitative estimate of drug-likeness (QED) is 0.840. The summed E-state index contributed by atoms with van der Waals surface area (Å²) in [5.74, 6) is 0.905. The van der Waals surface area contributed by atoms with Crippen LogP contribution in [-0.4, -0.2) is 19.0 Å². The minimum atomic E-state index is 0.247. The maximum Gasteiger partial charge on any atom is 0.164 e. The lowest BCUT2D eigenvalue weighted by Crippen LogP contribution is -2.26. The summed E-state index contributed by atoms with van der Waals surface area (Å²) in [4.78, 5) is 12.8. The van der Waals surface area contributed by atoms with Crippen molar-refractivity contribution in [3.05, 3.63) is 71.8 Å². The van der Waals surface area contributed by atoms with E-state index in [9.17, 15) is 4.79 Å². The van der Waals surface area contributed by atoms with Gasteiger partial charge in [-0.2, -0.15) is 0 Å². The molecule has 0 spiro atoms. The molecule has 4 rings (SSSR count). The summed E-state index contributed by atoms with van der Waals surface area (Å²) in [6.45, 7) is 1.42. The fourth-order valence-corrected chi connectivity index (χ4v) is 3.69. The van der Waals surface area contributed by atoms with Gasteiger partial charge in [0.1, 0.15) is 0 Å². The Bertz CT molecular complexity index is 716. The number of hydrogen-bond acceptors (Lipinski definition) is 2.